The smallest absolute Gasteiger partial charge is 0.110 e. The maximum Gasteiger partial charge on any atom is 0.110 e. The third kappa shape index (κ3) is 2.89. The van der Waals surface area contributed by atoms with Crippen molar-refractivity contribution in [3.63, 3.8) is 0 Å². The van der Waals surface area contributed by atoms with Crippen molar-refractivity contribution in [1.29, 1.82) is 0 Å². The number of thiophene rings is 1. The molecule has 2 aromatic rings. The van der Waals surface area contributed by atoms with Crippen LogP contribution in [0.5, 0.6) is 0 Å². The topological polar surface area (TPSA) is 40.7 Å². The van der Waals surface area contributed by atoms with Gasteiger partial charge >= 0.3 is 0 Å². The number of aromatic nitrogens is 2. The van der Waals surface area contributed by atoms with E-state index in [2.05, 4.69) is 22.2 Å². The minimum absolute atomic E-state index is 0.434. The van der Waals surface area contributed by atoms with E-state index in [1.54, 1.807) is 11.3 Å². The first-order chi connectivity index (χ1) is 8.24. The molecule has 2 heterocycles. The highest BCUT2D eigenvalue weighted by molar-refractivity contribution is 7.19. The zero-order chi connectivity index (χ0) is 12.3. The zero-order valence-corrected chi connectivity index (χ0v) is 11.5. The van der Waals surface area contributed by atoms with Crippen molar-refractivity contribution in [2.24, 2.45) is 0 Å². The molecular formula is C12H16ClN3S. The Bertz CT molecular complexity index is 478. The van der Waals surface area contributed by atoms with Crippen molar-refractivity contribution in [2.75, 3.05) is 13.6 Å². The van der Waals surface area contributed by atoms with Gasteiger partial charge in [-0.3, -0.25) is 0 Å². The van der Waals surface area contributed by atoms with Gasteiger partial charge in [-0.25, -0.2) is 4.98 Å². The fourth-order valence-electron chi connectivity index (χ4n) is 1.81. The molecule has 0 aliphatic carbocycles. The van der Waals surface area contributed by atoms with E-state index in [0.717, 1.165) is 33.7 Å². The molecule has 5 heteroatoms. The molecule has 0 radical (unpaired) electrons. The number of hydrogen-bond acceptors (Lipinski definition) is 3. The average molecular weight is 270 g/mol. The summed E-state index contributed by atoms with van der Waals surface area (Å²) in [6.45, 7) is 3.11. The molecule has 2 aromatic heterocycles. The molecule has 92 valence electrons. The van der Waals surface area contributed by atoms with Gasteiger partial charge in [0, 0.05) is 12.5 Å². The van der Waals surface area contributed by atoms with Crippen molar-refractivity contribution in [3.05, 3.63) is 28.5 Å². The lowest BCUT2D eigenvalue weighted by atomic mass is 10.1. The molecule has 0 aromatic carbocycles. The SMILES string of the molecule is CCC(CNC)c1ncc(-c2ccc(Cl)s2)[nH]1. The predicted molar refractivity (Wildman–Crippen MR) is 73.9 cm³/mol. The first kappa shape index (κ1) is 12.6. The van der Waals surface area contributed by atoms with Crippen LogP contribution in [0.3, 0.4) is 0 Å². The van der Waals surface area contributed by atoms with Crippen molar-refractivity contribution in [3.8, 4) is 10.6 Å². The lowest BCUT2D eigenvalue weighted by Gasteiger charge is -2.10. The average Bonchev–Trinajstić information content (AvgIpc) is 2.94. The lowest BCUT2D eigenvalue weighted by molar-refractivity contribution is 0.586. The summed E-state index contributed by atoms with van der Waals surface area (Å²) < 4.78 is 0.804. The molecule has 0 amide bonds. The highest BCUT2D eigenvalue weighted by atomic mass is 35.5. The van der Waals surface area contributed by atoms with Crippen LogP contribution in [0.1, 0.15) is 25.1 Å². The molecule has 0 spiro atoms. The van der Waals surface area contributed by atoms with Gasteiger partial charge in [-0.15, -0.1) is 11.3 Å². The molecule has 2 N–H and O–H groups in total. The first-order valence-corrected chi connectivity index (χ1v) is 6.89. The second-order valence-corrected chi connectivity index (χ2v) is 5.66. The number of halogens is 1. The van der Waals surface area contributed by atoms with Crippen molar-refractivity contribution >= 4 is 22.9 Å². The van der Waals surface area contributed by atoms with Crippen molar-refractivity contribution in [2.45, 2.75) is 19.3 Å². The Morgan fingerprint density at radius 3 is 2.94 bits per heavy atom. The Morgan fingerprint density at radius 1 is 1.53 bits per heavy atom. The minimum atomic E-state index is 0.434. The fourth-order valence-corrected chi connectivity index (χ4v) is 2.82. The summed E-state index contributed by atoms with van der Waals surface area (Å²) in [5.41, 5.74) is 1.05. The van der Waals surface area contributed by atoms with Crippen LogP contribution in [0.15, 0.2) is 18.3 Å². The van der Waals surface area contributed by atoms with Gasteiger partial charge in [0.1, 0.15) is 5.82 Å². The lowest BCUT2D eigenvalue weighted by Crippen LogP contribution is -2.17. The third-order valence-corrected chi connectivity index (χ3v) is 4.03. The molecule has 17 heavy (non-hydrogen) atoms. The first-order valence-electron chi connectivity index (χ1n) is 5.69. The van der Waals surface area contributed by atoms with E-state index < -0.39 is 0 Å². The number of nitrogens with one attached hydrogen (secondary N) is 2. The molecule has 2 rings (SSSR count). The summed E-state index contributed by atoms with van der Waals surface area (Å²) in [5.74, 6) is 1.48. The highest BCUT2D eigenvalue weighted by Gasteiger charge is 2.13. The Kier molecular flexibility index (Phi) is 4.20. The summed E-state index contributed by atoms with van der Waals surface area (Å²) in [4.78, 5) is 8.97. The van der Waals surface area contributed by atoms with E-state index in [0.29, 0.717) is 5.92 Å². The van der Waals surface area contributed by atoms with Gasteiger partial charge in [0.25, 0.3) is 0 Å². The molecule has 1 unspecified atom stereocenters. The van der Waals surface area contributed by atoms with Crippen LogP contribution in [0.25, 0.3) is 10.6 Å². The minimum Gasteiger partial charge on any atom is -0.341 e. The molecule has 0 saturated heterocycles. The molecule has 0 aliphatic heterocycles. The highest BCUT2D eigenvalue weighted by Crippen LogP contribution is 2.30. The summed E-state index contributed by atoms with van der Waals surface area (Å²) >= 11 is 7.50. The normalized spacial score (nSPS) is 12.9. The van der Waals surface area contributed by atoms with Crippen LogP contribution in [0, 0.1) is 0 Å². The Balaban J connectivity index is 2.20. The van der Waals surface area contributed by atoms with Crippen LogP contribution in [-0.2, 0) is 0 Å². The van der Waals surface area contributed by atoms with Gasteiger partial charge in [-0.2, -0.15) is 0 Å². The molecule has 0 aliphatic rings. The van der Waals surface area contributed by atoms with Crippen LogP contribution >= 0.6 is 22.9 Å². The summed E-state index contributed by atoms with van der Waals surface area (Å²) in [6.07, 6.45) is 2.95. The Hall–Kier alpha value is -0.840. The summed E-state index contributed by atoms with van der Waals surface area (Å²) in [6, 6.07) is 3.93. The number of nitrogens with zero attached hydrogens (tertiary/aromatic N) is 1. The van der Waals surface area contributed by atoms with Gasteiger partial charge in [-0.1, -0.05) is 18.5 Å². The molecule has 1 atom stereocenters. The van der Waals surface area contributed by atoms with Gasteiger partial charge in [0.15, 0.2) is 0 Å². The van der Waals surface area contributed by atoms with Crippen molar-refractivity contribution in [1.82, 2.24) is 15.3 Å². The second kappa shape index (κ2) is 5.67. The van der Waals surface area contributed by atoms with E-state index in [1.807, 2.05) is 25.4 Å². The number of aromatic amines is 1. The standard InChI is InChI=1S/C12H16ClN3S/c1-3-8(6-14-2)12-15-7-9(16-12)10-4-5-11(13)17-10/h4-5,7-8,14H,3,6H2,1-2H3,(H,15,16). The van der Waals surface area contributed by atoms with E-state index in [4.69, 9.17) is 11.6 Å². The molecule has 0 fully saturated rings. The quantitative estimate of drug-likeness (QED) is 0.872. The zero-order valence-electron chi connectivity index (χ0n) is 9.96. The van der Waals surface area contributed by atoms with Crippen LogP contribution in [0.2, 0.25) is 4.34 Å². The molecular weight excluding hydrogens is 254 g/mol. The second-order valence-electron chi connectivity index (χ2n) is 3.95. The monoisotopic (exact) mass is 269 g/mol. The largest absolute Gasteiger partial charge is 0.341 e. The maximum absolute atomic E-state index is 5.93. The maximum atomic E-state index is 5.93. The molecule has 0 bridgehead atoms. The van der Waals surface area contributed by atoms with Crippen LogP contribution in [-0.4, -0.2) is 23.6 Å². The van der Waals surface area contributed by atoms with Gasteiger partial charge in [-0.05, 0) is 25.6 Å². The Labute approximate surface area is 110 Å². The number of rotatable bonds is 5. The van der Waals surface area contributed by atoms with E-state index >= 15 is 0 Å². The van der Waals surface area contributed by atoms with Gasteiger partial charge in [0.2, 0.25) is 0 Å². The Morgan fingerprint density at radius 2 is 2.35 bits per heavy atom. The number of H-pyrrole nitrogens is 1. The van der Waals surface area contributed by atoms with E-state index in [9.17, 15) is 0 Å². The number of imidazole rings is 1. The number of likely N-dealkylation sites (N-methyl/N-ethyl adjacent to an activating group) is 1. The van der Waals surface area contributed by atoms with Crippen LogP contribution < -0.4 is 5.32 Å². The number of hydrogen-bond donors (Lipinski definition) is 2. The van der Waals surface area contributed by atoms with Crippen LogP contribution in [0.4, 0.5) is 0 Å². The fraction of sp³-hybridized carbons (Fsp3) is 0.417. The molecule has 0 saturated carbocycles. The van der Waals surface area contributed by atoms with E-state index in [-0.39, 0.29) is 0 Å². The summed E-state index contributed by atoms with van der Waals surface area (Å²) in [7, 11) is 1.96. The van der Waals surface area contributed by atoms with Gasteiger partial charge in [0.05, 0.1) is 21.1 Å². The predicted octanol–water partition coefficient (Wildman–Crippen LogP) is 3.50. The van der Waals surface area contributed by atoms with E-state index in [1.165, 1.54) is 0 Å². The van der Waals surface area contributed by atoms with Crippen molar-refractivity contribution < 1.29 is 0 Å². The third-order valence-electron chi connectivity index (χ3n) is 2.76. The molecule has 3 nitrogen and oxygen atoms in total. The van der Waals surface area contributed by atoms with Gasteiger partial charge < -0.3 is 10.3 Å². The summed E-state index contributed by atoms with van der Waals surface area (Å²) in [5, 5.41) is 3.19.